The number of benzene rings is 1. The van der Waals surface area contributed by atoms with Crippen molar-refractivity contribution in [2.24, 2.45) is 5.92 Å². The van der Waals surface area contributed by atoms with Crippen LogP contribution in [0.1, 0.15) is 40.8 Å². The number of aromatic nitrogens is 1. The van der Waals surface area contributed by atoms with E-state index in [0.29, 0.717) is 6.54 Å². The van der Waals surface area contributed by atoms with Crippen LogP contribution in [0.15, 0.2) is 41.1 Å². The van der Waals surface area contributed by atoms with Gasteiger partial charge in [-0.2, -0.15) is 0 Å². The molecule has 7 nitrogen and oxygen atoms in total. The van der Waals surface area contributed by atoms with Gasteiger partial charge in [0, 0.05) is 32.5 Å². The molecule has 1 amide bonds. The highest BCUT2D eigenvalue weighted by Gasteiger charge is 2.54. The molecule has 1 saturated heterocycles. The fraction of sp³-hybridized carbons (Fsp3) is 0.389. The van der Waals surface area contributed by atoms with Crippen LogP contribution in [0.5, 0.6) is 0 Å². The van der Waals surface area contributed by atoms with Crippen molar-refractivity contribution in [1.29, 1.82) is 0 Å². The summed E-state index contributed by atoms with van der Waals surface area (Å²) in [6, 6.07) is 9.45. The van der Waals surface area contributed by atoms with Gasteiger partial charge < -0.3 is 18.9 Å². The normalized spacial score (nSPS) is 26.3. The Hall–Kier alpha value is -2.67. The molecule has 1 aromatic heterocycles. The summed E-state index contributed by atoms with van der Waals surface area (Å²) >= 11 is 0. The van der Waals surface area contributed by atoms with Crippen LogP contribution in [-0.2, 0) is 14.3 Å². The Kier molecular flexibility index (Phi) is 3.80. The minimum atomic E-state index is -0.414. The molecule has 2 aliphatic heterocycles. The molecule has 2 aliphatic rings. The second kappa shape index (κ2) is 6.00. The molecule has 7 heteroatoms. The van der Waals surface area contributed by atoms with Crippen LogP contribution in [0.4, 0.5) is 0 Å². The highest BCUT2D eigenvalue weighted by atomic mass is 16.6. The molecule has 0 radical (unpaired) electrons. The predicted molar refractivity (Wildman–Crippen MR) is 85.5 cm³/mol. The first-order valence-electron chi connectivity index (χ1n) is 8.14. The number of fused-ring (bicyclic) bond motifs is 5. The van der Waals surface area contributed by atoms with E-state index in [1.54, 1.807) is 11.9 Å². The van der Waals surface area contributed by atoms with Crippen molar-refractivity contribution >= 4 is 11.9 Å². The van der Waals surface area contributed by atoms with Crippen molar-refractivity contribution in [1.82, 2.24) is 10.1 Å². The Balaban J connectivity index is 1.59. The lowest BCUT2D eigenvalue weighted by molar-refractivity contribution is -0.151. The number of carbonyl (C=O) groups is 2. The van der Waals surface area contributed by atoms with Gasteiger partial charge in [-0.15, -0.1) is 0 Å². The zero-order valence-corrected chi connectivity index (χ0v) is 13.9. The van der Waals surface area contributed by atoms with Crippen LogP contribution in [0.2, 0.25) is 0 Å². The zero-order valence-electron chi connectivity index (χ0n) is 13.9. The Morgan fingerprint density at radius 1 is 1.20 bits per heavy atom. The number of nitrogens with zero attached hydrogens (tertiary/aromatic N) is 2. The van der Waals surface area contributed by atoms with Gasteiger partial charge >= 0.3 is 5.97 Å². The maximum atomic E-state index is 12.4. The van der Waals surface area contributed by atoms with E-state index in [-0.39, 0.29) is 35.8 Å². The van der Waals surface area contributed by atoms with Gasteiger partial charge in [0.05, 0.1) is 12.3 Å². The summed E-state index contributed by atoms with van der Waals surface area (Å²) in [5, 5.41) is 3.56. The molecule has 130 valence electrons. The van der Waals surface area contributed by atoms with Crippen molar-refractivity contribution in [3.05, 3.63) is 53.4 Å². The lowest BCUT2D eigenvalue weighted by Crippen LogP contribution is -2.40. The summed E-state index contributed by atoms with van der Waals surface area (Å²) in [5.41, 5.74) is 2.15. The molecule has 4 rings (SSSR count). The van der Waals surface area contributed by atoms with Crippen LogP contribution in [0.3, 0.4) is 0 Å². The van der Waals surface area contributed by atoms with Gasteiger partial charge in [-0.1, -0.05) is 29.4 Å². The molecule has 3 heterocycles. The van der Waals surface area contributed by atoms with E-state index in [4.69, 9.17) is 14.0 Å². The first kappa shape index (κ1) is 15.8. The van der Waals surface area contributed by atoms with Crippen LogP contribution in [-0.4, -0.2) is 41.6 Å². The number of esters is 1. The Morgan fingerprint density at radius 2 is 1.92 bits per heavy atom. The van der Waals surface area contributed by atoms with Gasteiger partial charge in [-0.3, -0.25) is 9.59 Å². The number of ether oxygens (including phenoxy) is 2. The van der Waals surface area contributed by atoms with Crippen molar-refractivity contribution in [2.75, 3.05) is 13.6 Å². The smallest absolute Gasteiger partial charge is 0.303 e. The summed E-state index contributed by atoms with van der Waals surface area (Å²) < 4.78 is 16.6. The summed E-state index contributed by atoms with van der Waals surface area (Å²) in [5.74, 6) is -0.584. The number of amides is 1. The Labute approximate surface area is 144 Å². The molecule has 0 unspecified atom stereocenters. The Bertz CT molecular complexity index is 804. The van der Waals surface area contributed by atoms with Crippen LogP contribution < -0.4 is 0 Å². The summed E-state index contributed by atoms with van der Waals surface area (Å²) in [6.07, 6.45) is 0.529. The predicted octanol–water partition coefficient (Wildman–Crippen LogP) is 2.12. The van der Waals surface area contributed by atoms with Crippen LogP contribution in [0.25, 0.3) is 0 Å². The third-order valence-electron chi connectivity index (χ3n) is 4.79. The van der Waals surface area contributed by atoms with E-state index in [1.807, 2.05) is 24.3 Å². The van der Waals surface area contributed by atoms with Gasteiger partial charge in [-0.05, 0) is 11.1 Å². The van der Waals surface area contributed by atoms with E-state index in [0.717, 1.165) is 11.1 Å². The number of carbonyl (C=O) groups excluding carboxylic acids is 2. The highest BCUT2D eigenvalue weighted by molar-refractivity contribution is 5.91. The van der Waals surface area contributed by atoms with Gasteiger partial charge in [0.25, 0.3) is 5.91 Å². The molecule has 0 N–H and O–H groups in total. The molecule has 1 aromatic carbocycles. The average molecular weight is 342 g/mol. The van der Waals surface area contributed by atoms with E-state index in [2.05, 4.69) is 5.16 Å². The minimum absolute atomic E-state index is 0.138. The van der Waals surface area contributed by atoms with Gasteiger partial charge in [-0.25, -0.2) is 0 Å². The molecule has 2 bridgehead atoms. The SMILES string of the molecule is CC(=O)O[C@H]1[C@@H](CN(C)C(=O)c2ccno2)[C@H]2O[C@@H]1c1ccccc12. The molecule has 1 fully saturated rings. The number of rotatable bonds is 4. The van der Waals surface area contributed by atoms with Gasteiger partial charge in [0.1, 0.15) is 12.2 Å². The largest absolute Gasteiger partial charge is 0.459 e. The first-order chi connectivity index (χ1) is 12.1. The number of hydrogen-bond donors (Lipinski definition) is 0. The van der Waals surface area contributed by atoms with E-state index in [9.17, 15) is 9.59 Å². The van der Waals surface area contributed by atoms with E-state index < -0.39 is 6.10 Å². The quantitative estimate of drug-likeness (QED) is 0.792. The van der Waals surface area contributed by atoms with Crippen molar-refractivity contribution in [3.63, 3.8) is 0 Å². The van der Waals surface area contributed by atoms with Crippen molar-refractivity contribution < 1.29 is 23.6 Å². The molecular weight excluding hydrogens is 324 g/mol. The fourth-order valence-corrected chi connectivity index (χ4v) is 3.77. The van der Waals surface area contributed by atoms with Crippen molar-refractivity contribution in [2.45, 2.75) is 25.2 Å². The summed E-state index contributed by atoms with van der Waals surface area (Å²) in [7, 11) is 1.69. The fourth-order valence-electron chi connectivity index (χ4n) is 3.77. The third kappa shape index (κ3) is 2.60. The number of hydrogen-bond acceptors (Lipinski definition) is 6. The molecule has 0 saturated carbocycles. The van der Waals surface area contributed by atoms with Crippen LogP contribution >= 0.6 is 0 Å². The van der Waals surface area contributed by atoms with Crippen molar-refractivity contribution in [3.8, 4) is 0 Å². The maximum absolute atomic E-state index is 12.4. The zero-order chi connectivity index (χ0) is 17.6. The average Bonchev–Trinajstić information content (AvgIpc) is 3.31. The molecule has 4 atom stereocenters. The summed E-state index contributed by atoms with van der Waals surface area (Å²) in [4.78, 5) is 25.5. The molecule has 0 aliphatic carbocycles. The second-order valence-corrected chi connectivity index (χ2v) is 6.41. The van der Waals surface area contributed by atoms with Gasteiger partial charge in [0.15, 0.2) is 0 Å². The monoisotopic (exact) mass is 342 g/mol. The highest BCUT2D eigenvalue weighted by Crippen LogP contribution is 2.55. The minimum Gasteiger partial charge on any atom is -0.459 e. The Morgan fingerprint density at radius 3 is 2.56 bits per heavy atom. The molecule has 25 heavy (non-hydrogen) atoms. The van der Waals surface area contributed by atoms with Crippen LogP contribution in [0, 0.1) is 5.92 Å². The topological polar surface area (TPSA) is 81.9 Å². The summed E-state index contributed by atoms with van der Waals surface area (Å²) in [6.45, 7) is 1.77. The first-order valence-corrected chi connectivity index (χ1v) is 8.14. The van der Waals surface area contributed by atoms with E-state index in [1.165, 1.54) is 19.2 Å². The lowest BCUT2D eigenvalue weighted by atomic mass is 9.81. The molecule has 2 aromatic rings. The van der Waals surface area contributed by atoms with Gasteiger partial charge in [0.2, 0.25) is 5.76 Å². The lowest BCUT2D eigenvalue weighted by Gasteiger charge is -2.31. The second-order valence-electron chi connectivity index (χ2n) is 6.41. The molecule has 0 spiro atoms. The van der Waals surface area contributed by atoms with E-state index >= 15 is 0 Å². The third-order valence-corrected chi connectivity index (χ3v) is 4.79. The maximum Gasteiger partial charge on any atom is 0.303 e. The standard InChI is InChI=1S/C18H18N2O5/c1-10(21)23-17-13(9-20(2)18(22)14-7-8-19-25-14)15-11-5-3-4-6-12(11)16(17)24-15/h3-8,13,15-17H,9H2,1-2H3/t13-,15-,16+,17-/m0/s1. The molecular formula is C18H18N2O5.